The molecule has 4 heteroatoms. The van der Waals surface area contributed by atoms with Gasteiger partial charge < -0.3 is 9.30 Å². The quantitative estimate of drug-likeness (QED) is 0.775. The molecule has 2 rings (SSSR count). The lowest BCUT2D eigenvalue weighted by Gasteiger charge is -2.07. The fraction of sp³-hybridized carbons (Fsp3) is 0.143. The predicted octanol–water partition coefficient (Wildman–Crippen LogP) is 2.55. The maximum Gasteiger partial charge on any atom is 0.339 e. The third kappa shape index (κ3) is 2.58. The van der Waals surface area contributed by atoms with Gasteiger partial charge in [-0.1, -0.05) is 0 Å². The van der Waals surface area contributed by atoms with Gasteiger partial charge >= 0.3 is 5.97 Å². The van der Waals surface area contributed by atoms with Crippen LogP contribution in [0.15, 0.2) is 48.8 Å². The van der Waals surface area contributed by atoms with Crippen LogP contribution in [-0.2, 0) is 4.74 Å². The van der Waals surface area contributed by atoms with Gasteiger partial charge in [-0.15, -0.1) is 0 Å². The largest absolute Gasteiger partial charge is 0.444 e. The van der Waals surface area contributed by atoms with Crippen LogP contribution in [0, 0.1) is 11.3 Å². The molecule has 0 bridgehead atoms. The number of nitriles is 1. The van der Waals surface area contributed by atoms with Gasteiger partial charge in [0.2, 0.25) is 0 Å². The molecule has 1 heterocycles. The molecule has 90 valence electrons. The summed E-state index contributed by atoms with van der Waals surface area (Å²) in [6.07, 6.45) is 3.11. The molecule has 2 aromatic rings. The van der Waals surface area contributed by atoms with E-state index in [4.69, 9.17) is 10.00 Å². The molecule has 1 aromatic heterocycles. The van der Waals surface area contributed by atoms with Crippen LogP contribution in [0.25, 0.3) is 5.69 Å². The molecule has 0 aliphatic carbocycles. The lowest BCUT2D eigenvalue weighted by Crippen LogP contribution is -2.13. The molecule has 0 saturated carbocycles. The summed E-state index contributed by atoms with van der Waals surface area (Å²) >= 11 is 0. The minimum Gasteiger partial charge on any atom is -0.444 e. The van der Waals surface area contributed by atoms with Crippen LogP contribution < -0.4 is 0 Å². The fourth-order valence-electron chi connectivity index (χ4n) is 1.53. The maximum atomic E-state index is 11.6. The molecule has 0 aliphatic rings. The molecule has 0 saturated heterocycles. The summed E-state index contributed by atoms with van der Waals surface area (Å²) < 4.78 is 6.85. The number of benzene rings is 1. The number of hydrogen-bond donors (Lipinski definition) is 0. The molecule has 1 aromatic carbocycles. The fourth-order valence-corrected chi connectivity index (χ4v) is 1.53. The summed E-state index contributed by atoms with van der Waals surface area (Å²) in [4.78, 5) is 11.6. The number of carbonyl (C=O) groups excluding carboxylic acids is 1. The number of rotatable bonds is 3. The van der Waals surface area contributed by atoms with E-state index in [9.17, 15) is 4.79 Å². The van der Waals surface area contributed by atoms with E-state index in [1.165, 1.54) is 6.92 Å². The Labute approximate surface area is 105 Å². The van der Waals surface area contributed by atoms with Crippen LogP contribution in [0.2, 0.25) is 0 Å². The molecule has 0 amide bonds. The van der Waals surface area contributed by atoms with Crippen LogP contribution in [-0.4, -0.2) is 16.6 Å². The molecule has 0 aliphatic heterocycles. The first-order valence-corrected chi connectivity index (χ1v) is 5.54. The topological polar surface area (TPSA) is 55.0 Å². The highest BCUT2D eigenvalue weighted by Gasteiger charge is 2.10. The van der Waals surface area contributed by atoms with Gasteiger partial charge in [-0.3, -0.25) is 0 Å². The van der Waals surface area contributed by atoms with E-state index in [1.807, 2.05) is 47.3 Å². The van der Waals surface area contributed by atoms with Crippen LogP contribution in [0.5, 0.6) is 0 Å². The molecule has 0 spiro atoms. The van der Waals surface area contributed by atoms with Crippen molar-refractivity contribution in [3.8, 4) is 11.8 Å². The first-order chi connectivity index (χ1) is 8.70. The Hall–Kier alpha value is -2.54. The maximum absolute atomic E-state index is 11.6. The van der Waals surface area contributed by atoms with Crippen molar-refractivity contribution in [3.63, 3.8) is 0 Å². The molecule has 0 radical (unpaired) electrons. The van der Waals surface area contributed by atoms with E-state index >= 15 is 0 Å². The zero-order chi connectivity index (χ0) is 13.0. The van der Waals surface area contributed by atoms with Gasteiger partial charge in [0.25, 0.3) is 0 Å². The highest BCUT2D eigenvalue weighted by Crippen LogP contribution is 2.11. The molecular weight excluding hydrogens is 228 g/mol. The lowest BCUT2D eigenvalue weighted by atomic mass is 10.2. The number of ether oxygens (including phenoxy) is 1. The number of hydrogen-bond acceptors (Lipinski definition) is 3. The molecule has 18 heavy (non-hydrogen) atoms. The average Bonchev–Trinajstić information content (AvgIpc) is 2.92. The number of carbonyl (C=O) groups is 1. The van der Waals surface area contributed by atoms with Gasteiger partial charge in [-0.25, -0.2) is 4.79 Å². The molecule has 0 unspecified atom stereocenters. The Balaban J connectivity index is 2.13. The van der Waals surface area contributed by atoms with Crippen LogP contribution in [0.4, 0.5) is 0 Å². The summed E-state index contributed by atoms with van der Waals surface area (Å²) in [7, 11) is 0. The minimum absolute atomic E-state index is 0.438. The van der Waals surface area contributed by atoms with Crippen LogP contribution in [0.1, 0.15) is 17.3 Å². The summed E-state index contributed by atoms with van der Waals surface area (Å²) in [5.41, 5.74) is 1.40. The van der Waals surface area contributed by atoms with Crippen molar-refractivity contribution in [3.05, 3.63) is 54.4 Å². The van der Waals surface area contributed by atoms with Gasteiger partial charge in [-0.2, -0.15) is 5.26 Å². The third-order valence-corrected chi connectivity index (χ3v) is 2.47. The Bertz CT molecular complexity index is 565. The first-order valence-electron chi connectivity index (χ1n) is 5.54. The Morgan fingerprint density at radius 3 is 2.44 bits per heavy atom. The van der Waals surface area contributed by atoms with E-state index in [1.54, 1.807) is 12.1 Å². The van der Waals surface area contributed by atoms with Crippen LogP contribution in [0.3, 0.4) is 0 Å². The van der Waals surface area contributed by atoms with E-state index in [-0.39, 0.29) is 0 Å². The van der Waals surface area contributed by atoms with Gasteiger partial charge in [0.15, 0.2) is 6.10 Å². The Kier molecular flexibility index (Phi) is 3.44. The second kappa shape index (κ2) is 5.19. The molecule has 1 atom stereocenters. The van der Waals surface area contributed by atoms with E-state index in [0.29, 0.717) is 5.56 Å². The number of nitrogens with zero attached hydrogens (tertiary/aromatic N) is 2. The Morgan fingerprint density at radius 1 is 1.28 bits per heavy atom. The van der Waals surface area contributed by atoms with Gasteiger partial charge in [0.05, 0.1) is 5.56 Å². The highest BCUT2D eigenvalue weighted by atomic mass is 16.5. The van der Waals surface area contributed by atoms with Crippen LogP contribution >= 0.6 is 0 Å². The van der Waals surface area contributed by atoms with Crippen molar-refractivity contribution in [1.82, 2.24) is 4.57 Å². The van der Waals surface area contributed by atoms with Gasteiger partial charge in [-0.05, 0) is 43.3 Å². The number of aromatic nitrogens is 1. The SMILES string of the molecule is C[C@@H](C#N)OC(=O)c1ccc(-n2cccc2)cc1. The van der Waals surface area contributed by atoms with E-state index < -0.39 is 12.1 Å². The zero-order valence-electron chi connectivity index (χ0n) is 9.91. The van der Waals surface area contributed by atoms with E-state index in [2.05, 4.69) is 0 Å². The highest BCUT2D eigenvalue weighted by molar-refractivity contribution is 5.89. The molecule has 4 nitrogen and oxygen atoms in total. The summed E-state index contributed by atoms with van der Waals surface area (Å²) in [5.74, 6) is -0.483. The summed E-state index contributed by atoms with van der Waals surface area (Å²) in [5, 5.41) is 8.57. The summed E-state index contributed by atoms with van der Waals surface area (Å²) in [6.45, 7) is 1.53. The predicted molar refractivity (Wildman–Crippen MR) is 66.3 cm³/mol. The van der Waals surface area contributed by atoms with E-state index in [0.717, 1.165) is 5.69 Å². The van der Waals surface area contributed by atoms with Gasteiger partial charge in [0, 0.05) is 18.1 Å². The lowest BCUT2D eigenvalue weighted by molar-refractivity contribution is 0.0435. The van der Waals surface area contributed by atoms with Crippen molar-refractivity contribution in [2.45, 2.75) is 13.0 Å². The zero-order valence-corrected chi connectivity index (χ0v) is 9.91. The number of esters is 1. The van der Waals surface area contributed by atoms with Crippen molar-refractivity contribution in [1.29, 1.82) is 5.26 Å². The van der Waals surface area contributed by atoms with Crippen molar-refractivity contribution in [2.24, 2.45) is 0 Å². The standard InChI is InChI=1S/C14H12N2O2/c1-11(10-15)18-14(17)12-4-6-13(7-5-12)16-8-2-3-9-16/h2-9,11H,1H3/t11-/m0/s1. The smallest absolute Gasteiger partial charge is 0.339 e. The molecule has 0 fully saturated rings. The molecule has 0 N–H and O–H groups in total. The summed E-state index contributed by atoms with van der Waals surface area (Å²) in [6, 6.07) is 12.7. The van der Waals surface area contributed by atoms with Crippen molar-refractivity contribution < 1.29 is 9.53 Å². The third-order valence-electron chi connectivity index (χ3n) is 2.47. The monoisotopic (exact) mass is 240 g/mol. The minimum atomic E-state index is -0.735. The Morgan fingerprint density at radius 2 is 1.89 bits per heavy atom. The second-order valence-corrected chi connectivity index (χ2v) is 3.81. The first kappa shape index (κ1) is 11.9. The van der Waals surface area contributed by atoms with Crippen molar-refractivity contribution in [2.75, 3.05) is 0 Å². The molecular formula is C14H12N2O2. The average molecular weight is 240 g/mol. The normalized spacial score (nSPS) is 11.6. The van der Waals surface area contributed by atoms with Gasteiger partial charge in [0.1, 0.15) is 6.07 Å². The van der Waals surface area contributed by atoms with Crippen molar-refractivity contribution >= 4 is 5.97 Å². The second-order valence-electron chi connectivity index (χ2n) is 3.81.